The van der Waals surface area contributed by atoms with Gasteiger partial charge in [0.05, 0.1) is 11.7 Å². The van der Waals surface area contributed by atoms with Gasteiger partial charge < -0.3 is 4.90 Å². The Hall–Kier alpha value is -1.69. The molecule has 3 aromatic rings. The summed E-state index contributed by atoms with van der Waals surface area (Å²) in [6, 6.07) is 11.6. The largest absolute Gasteiger partial charge is 0.333 e. The van der Waals surface area contributed by atoms with E-state index in [2.05, 4.69) is 11.1 Å². The minimum atomic E-state index is 0.00566. The summed E-state index contributed by atoms with van der Waals surface area (Å²) in [5.74, 6) is 0.00566. The fourth-order valence-electron chi connectivity index (χ4n) is 2.37. The van der Waals surface area contributed by atoms with Crippen molar-refractivity contribution in [1.29, 1.82) is 0 Å². The zero-order valence-corrected chi connectivity index (χ0v) is 16.0. The van der Waals surface area contributed by atoms with Gasteiger partial charge in [0.15, 0.2) is 0 Å². The number of halogens is 1. The predicted octanol–water partition coefficient (Wildman–Crippen LogP) is 5.67. The van der Waals surface area contributed by atoms with Crippen molar-refractivity contribution in [2.24, 2.45) is 0 Å². The average molecular weight is 377 g/mol. The average Bonchev–Trinajstić information content (AvgIpc) is 3.23. The van der Waals surface area contributed by atoms with Gasteiger partial charge in [0, 0.05) is 22.5 Å². The number of nitrogens with zero attached hydrogens (tertiary/aromatic N) is 2. The summed E-state index contributed by atoms with van der Waals surface area (Å²) in [4.78, 5) is 21.1. The van der Waals surface area contributed by atoms with Gasteiger partial charge in [-0.25, -0.2) is 4.98 Å². The highest BCUT2D eigenvalue weighted by atomic mass is 35.5. The Morgan fingerprint density at radius 1 is 1.25 bits per heavy atom. The molecule has 1 atom stereocenters. The molecule has 0 spiro atoms. The number of carbonyl (C=O) groups excluding carboxylic acids is 1. The van der Waals surface area contributed by atoms with E-state index in [0.29, 0.717) is 9.90 Å². The number of amides is 1. The van der Waals surface area contributed by atoms with Gasteiger partial charge >= 0.3 is 0 Å². The third-order valence-corrected chi connectivity index (χ3v) is 6.43. The van der Waals surface area contributed by atoms with Gasteiger partial charge in [-0.2, -0.15) is 0 Å². The Morgan fingerprint density at radius 2 is 1.96 bits per heavy atom. The first kappa shape index (κ1) is 17.1. The molecule has 3 rings (SSSR count). The van der Waals surface area contributed by atoms with Crippen LogP contribution >= 0.6 is 34.3 Å². The van der Waals surface area contributed by atoms with Crippen LogP contribution in [0, 0.1) is 6.92 Å². The van der Waals surface area contributed by atoms with Gasteiger partial charge in [-0.3, -0.25) is 4.79 Å². The number of rotatable bonds is 4. The molecule has 0 fully saturated rings. The third kappa shape index (κ3) is 3.38. The number of aromatic nitrogens is 1. The molecule has 1 unspecified atom stereocenters. The molecule has 124 valence electrons. The normalized spacial score (nSPS) is 12.2. The molecular weight excluding hydrogens is 360 g/mol. The highest BCUT2D eigenvalue weighted by molar-refractivity contribution is 7.17. The zero-order valence-electron chi connectivity index (χ0n) is 13.6. The minimum Gasteiger partial charge on any atom is -0.333 e. The van der Waals surface area contributed by atoms with E-state index >= 15 is 0 Å². The number of carbonyl (C=O) groups is 1. The molecule has 24 heavy (non-hydrogen) atoms. The molecule has 0 bridgehead atoms. The zero-order chi connectivity index (χ0) is 17.3. The van der Waals surface area contributed by atoms with E-state index in [4.69, 9.17) is 11.6 Å². The van der Waals surface area contributed by atoms with Gasteiger partial charge in [0.1, 0.15) is 9.88 Å². The lowest BCUT2D eigenvalue weighted by Crippen LogP contribution is -2.29. The Morgan fingerprint density at radius 3 is 2.58 bits per heavy atom. The van der Waals surface area contributed by atoms with Crippen molar-refractivity contribution >= 4 is 40.2 Å². The number of aryl methyl sites for hydroxylation is 1. The van der Waals surface area contributed by atoms with Crippen LogP contribution < -0.4 is 0 Å². The van der Waals surface area contributed by atoms with Crippen molar-refractivity contribution in [1.82, 2.24) is 9.88 Å². The topological polar surface area (TPSA) is 33.2 Å². The molecule has 0 saturated carbocycles. The Kier molecular flexibility index (Phi) is 5.04. The van der Waals surface area contributed by atoms with E-state index in [0.717, 1.165) is 16.3 Å². The van der Waals surface area contributed by atoms with Crippen LogP contribution in [0.5, 0.6) is 0 Å². The van der Waals surface area contributed by atoms with Crippen molar-refractivity contribution in [3.63, 3.8) is 0 Å². The molecule has 0 aliphatic carbocycles. The molecule has 2 aromatic heterocycles. The molecule has 0 saturated heterocycles. The van der Waals surface area contributed by atoms with Crippen LogP contribution in [-0.2, 0) is 0 Å². The molecule has 3 nitrogen and oxygen atoms in total. The summed E-state index contributed by atoms with van der Waals surface area (Å²) >= 11 is 9.02. The highest BCUT2D eigenvalue weighted by Gasteiger charge is 2.24. The van der Waals surface area contributed by atoms with Crippen molar-refractivity contribution in [2.45, 2.75) is 19.9 Å². The van der Waals surface area contributed by atoms with E-state index in [1.54, 1.807) is 16.2 Å². The molecule has 0 radical (unpaired) electrons. The van der Waals surface area contributed by atoms with Crippen molar-refractivity contribution in [2.75, 3.05) is 7.05 Å². The molecular formula is C18H17ClN2OS2. The summed E-state index contributed by atoms with van der Waals surface area (Å²) in [5.41, 5.74) is 1.74. The fourth-order valence-corrected chi connectivity index (χ4v) is 4.37. The smallest absolute Gasteiger partial charge is 0.266 e. The van der Waals surface area contributed by atoms with Gasteiger partial charge in [-0.15, -0.1) is 22.7 Å². The van der Waals surface area contributed by atoms with Gasteiger partial charge in [-0.1, -0.05) is 29.8 Å². The second kappa shape index (κ2) is 7.05. The molecule has 2 heterocycles. The summed E-state index contributed by atoms with van der Waals surface area (Å²) in [6.07, 6.45) is 0. The fraction of sp³-hybridized carbons (Fsp3) is 0.222. The van der Waals surface area contributed by atoms with Crippen LogP contribution in [0.3, 0.4) is 0 Å². The predicted molar refractivity (Wildman–Crippen MR) is 102 cm³/mol. The highest BCUT2D eigenvalue weighted by Crippen LogP contribution is 2.31. The maximum Gasteiger partial charge on any atom is 0.266 e. The summed E-state index contributed by atoms with van der Waals surface area (Å²) < 4.78 is 0. The van der Waals surface area contributed by atoms with E-state index in [9.17, 15) is 4.79 Å². The van der Waals surface area contributed by atoms with E-state index < -0.39 is 0 Å². The van der Waals surface area contributed by atoms with E-state index in [-0.39, 0.29) is 11.9 Å². The van der Waals surface area contributed by atoms with Crippen molar-refractivity contribution in [3.05, 3.63) is 62.2 Å². The Balaban J connectivity index is 1.86. The monoisotopic (exact) mass is 376 g/mol. The Bertz CT molecular complexity index is 841. The standard InChI is InChI=1S/C18H17ClN2OS2/c1-11-16(18(22)21(3)12(2)15-5-4-10-23-15)24-17(20-11)13-6-8-14(19)9-7-13/h4-10,12H,1-3H3. The van der Waals surface area contributed by atoms with Crippen molar-refractivity contribution in [3.8, 4) is 10.6 Å². The second-order valence-electron chi connectivity index (χ2n) is 5.55. The first-order chi connectivity index (χ1) is 11.5. The second-order valence-corrected chi connectivity index (χ2v) is 7.96. The summed E-state index contributed by atoms with van der Waals surface area (Å²) in [6.45, 7) is 3.92. The number of thiazole rings is 1. The van der Waals surface area contributed by atoms with Crippen LogP contribution in [0.2, 0.25) is 5.02 Å². The number of thiophene rings is 1. The maximum absolute atomic E-state index is 12.9. The number of hydrogen-bond donors (Lipinski definition) is 0. The Labute approximate surface area is 154 Å². The number of benzene rings is 1. The van der Waals surface area contributed by atoms with Gasteiger partial charge in [-0.05, 0) is 37.4 Å². The third-order valence-electron chi connectivity index (χ3n) is 3.94. The van der Waals surface area contributed by atoms with Gasteiger partial charge in [0.2, 0.25) is 0 Å². The van der Waals surface area contributed by atoms with Crippen LogP contribution in [0.4, 0.5) is 0 Å². The van der Waals surface area contributed by atoms with E-state index in [1.165, 1.54) is 16.2 Å². The lowest BCUT2D eigenvalue weighted by molar-refractivity contribution is 0.0749. The summed E-state index contributed by atoms with van der Waals surface area (Å²) in [7, 11) is 1.84. The van der Waals surface area contributed by atoms with Crippen LogP contribution in [0.25, 0.3) is 10.6 Å². The molecule has 6 heteroatoms. The molecule has 1 aromatic carbocycles. The molecule has 0 aliphatic heterocycles. The summed E-state index contributed by atoms with van der Waals surface area (Å²) in [5, 5.41) is 3.55. The molecule has 0 aliphatic rings. The van der Waals surface area contributed by atoms with Gasteiger partial charge in [0.25, 0.3) is 5.91 Å². The molecule has 0 N–H and O–H groups in total. The van der Waals surface area contributed by atoms with Crippen LogP contribution in [0.1, 0.15) is 33.2 Å². The first-order valence-corrected chi connectivity index (χ1v) is 9.58. The van der Waals surface area contributed by atoms with Crippen molar-refractivity contribution < 1.29 is 4.79 Å². The number of hydrogen-bond acceptors (Lipinski definition) is 4. The van der Waals surface area contributed by atoms with E-state index in [1.807, 2.05) is 56.6 Å². The van der Waals surface area contributed by atoms with Crippen LogP contribution in [0.15, 0.2) is 41.8 Å². The lowest BCUT2D eigenvalue weighted by Gasteiger charge is -2.23. The molecule has 1 amide bonds. The van der Waals surface area contributed by atoms with Crippen LogP contribution in [-0.4, -0.2) is 22.8 Å². The quantitative estimate of drug-likeness (QED) is 0.588. The first-order valence-electron chi connectivity index (χ1n) is 7.51. The lowest BCUT2D eigenvalue weighted by atomic mass is 10.2. The SMILES string of the molecule is Cc1nc(-c2ccc(Cl)cc2)sc1C(=O)N(C)C(C)c1cccs1. The minimum absolute atomic E-state index is 0.00566. The maximum atomic E-state index is 12.9.